The summed E-state index contributed by atoms with van der Waals surface area (Å²) in [4.78, 5) is 0.951. The number of rotatable bonds is 2. The van der Waals surface area contributed by atoms with Crippen molar-refractivity contribution in [2.45, 2.75) is 4.90 Å². The second-order valence-electron chi connectivity index (χ2n) is 3.46. The molecule has 0 aliphatic carbocycles. The van der Waals surface area contributed by atoms with Gasteiger partial charge in [0.15, 0.2) is 14.9 Å². The van der Waals surface area contributed by atoms with Gasteiger partial charge in [-0.2, -0.15) is 4.40 Å². The molecule has 1 aliphatic heterocycles. The largest absolute Gasteiger partial charge is 0.222 e. The Morgan fingerprint density at radius 2 is 2.06 bits per heavy atom. The van der Waals surface area contributed by atoms with E-state index in [0.29, 0.717) is 0 Å². The van der Waals surface area contributed by atoms with Crippen LogP contribution >= 0.6 is 11.9 Å². The van der Waals surface area contributed by atoms with Crippen molar-refractivity contribution in [3.05, 3.63) is 48.6 Å². The molecule has 0 atom stereocenters. The number of hydrogen-bond acceptors (Lipinski definition) is 4. The van der Waals surface area contributed by atoms with E-state index in [1.807, 2.05) is 24.3 Å². The maximum atomic E-state index is 11.8. The summed E-state index contributed by atoms with van der Waals surface area (Å²) in [6.07, 6.45) is 4.68. The summed E-state index contributed by atoms with van der Waals surface area (Å²) in [6.45, 7) is 3.44. The van der Waals surface area contributed by atoms with Crippen LogP contribution in [0.4, 0.5) is 0 Å². The third-order valence-electron chi connectivity index (χ3n) is 2.21. The van der Waals surface area contributed by atoms with E-state index in [1.165, 1.54) is 24.1 Å². The highest BCUT2D eigenvalue weighted by atomic mass is 32.2. The molecule has 0 saturated carbocycles. The summed E-state index contributed by atoms with van der Waals surface area (Å²) >= 11 is 1.18. The first-order valence-corrected chi connectivity index (χ1v) is 7.42. The Labute approximate surface area is 105 Å². The quantitative estimate of drug-likeness (QED) is 0.610. The van der Waals surface area contributed by atoms with Crippen molar-refractivity contribution in [2.75, 3.05) is 5.75 Å². The SMILES string of the molecule is C=CCS(=O)(=O)C1=NSc2ccccc2C=C1. The zero-order valence-electron chi connectivity index (χ0n) is 9.04. The Bertz CT molecular complexity index is 601. The first kappa shape index (κ1) is 12.1. The second kappa shape index (κ2) is 4.89. The van der Waals surface area contributed by atoms with E-state index >= 15 is 0 Å². The smallest absolute Gasteiger partial charge is 0.199 e. The number of nitrogens with zero attached hydrogens (tertiary/aromatic N) is 1. The highest BCUT2D eigenvalue weighted by molar-refractivity contribution is 8.08. The molecule has 3 nitrogen and oxygen atoms in total. The van der Waals surface area contributed by atoms with E-state index in [1.54, 1.807) is 6.08 Å². The topological polar surface area (TPSA) is 46.5 Å². The highest BCUT2D eigenvalue weighted by Gasteiger charge is 2.17. The zero-order valence-corrected chi connectivity index (χ0v) is 10.7. The van der Waals surface area contributed by atoms with Gasteiger partial charge in [-0.1, -0.05) is 30.4 Å². The molecular formula is C12H11NO2S2. The Kier molecular flexibility index (Phi) is 3.49. The van der Waals surface area contributed by atoms with Gasteiger partial charge < -0.3 is 0 Å². The summed E-state index contributed by atoms with van der Waals surface area (Å²) in [5.74, 6) is -0.0902. The lowest BCUT2D eigenvalue weighted by Gasteiger charge is -1.99. The molecule has 1 aromatic carbocycles. The second-order valence-corrected chi connectivity index (χ2v) is 6.25. The minimum Gasteiger partial charge on any atom is -0.222 e. The van der Waals surface area contributed by atoms with Crippen molar-refractivity contribution in [3.63, 3.8) is 0 Å². The summed E-state index contributed by atoms with van der Waals surface area (Å²) in [7, 11) is -3.35. The van der Waals surface area contributed by atoms with Crippen LogP contribution in [-0.4, -0.2) is 19.2 Å². The molecule has 2 rings (SSSR count). The monoisotopic (exact) mass is 265 g/mol. The number of hydrogen-bond donors (Lipinski definition) is 0. The lowest BCUT2D eigenvalue weighted by atomic mass is 10.2. The van der Waals surface area contributed by atoms with Gasteiger partial charge in [0.1, 0.15) is 0 Å². The summed E-state index contributed by atoms with van der Waals surface area (Å²) < 4.78 is 27.7. The normalized spacial score (nSPS) is 14.7. The lowest BCUT2D eigenvalue weighted by molar-refractivity contribution is 0.610. The number of sulfone groups is 1. The van der Waals surface area contributed by atoms with E-state index in [9.17, 15) is 8.42 Å². The average molecular weight is 265 g/mol. The molecule has 5 heteroatoms. The van der Waals surface area contributed by atoms with Gasteiger partial charge in [0.25, 0.3) is 0 Å². The Hall–Kier alpha value is -1.33. The van der Waals surface area contributed by atoms with E-state index < -0.39 is 9.84 Å². The van der Waals surface area contributed by atoms with Crippen molar-refractivity contribution in [1.29, 1.82) is 0 Å². The van der Waals surface area contributed by atoms with E-state index in [0.717, 1.165) is 10.5 Å². The molecule has 0 saturated heterocycles. The fourth-order valence-electron chi connectivity index (χ4n) is 1.39. The van der Waals surface area contributed by atoms with Gasteiger partial charge in [0.05, 0.1) is 5.75 Å². The number of fused-ring (bicyclic) bond motifs is 1. The van der Waals surface area contributed by atoms with Crippen LogP contribution in [0.15, 0.2) is 52.3 Å². The minimum atomic E-state index is -3.35. The molecule has 0 amide bonds. The van der Waals surface area contributed by atoms with E-state index in [2.05, 4.69) is 11.0 Å². The predicted octanol–water partition coefficient (Wildman–Crippen LogP) is 2.72. The predicted molar refractivity (Wildman–Crippen MR) is 72.8 cm³/mol. The molecule has 0 aromatic heterocycles. The van der Waals surface area contributed by atoms with Crippen LogP contribution in [0.2, 0.25) is 0 Å². The van der Waals surface area contributed by atoms with Gasteiger partial charge in [0, 0.05) is 16.8 Å². The summed E-state index contributed by atoms with van der Waals surface area (Å²) in [6, 6.07) is 7.65. The van der Waals surface area contributed by atoms with Crippen LogP contribution in [0, 0.1) is 0 Å². The molecule has 0 bridgehead atoms. The fourth-order valence-corrected chi connectivity index (χ4v) is 3.34. The van der Waals surface area contributed by atoms with E-state index in [-0.39, 0.29) is 10.8 Å². The van der Waals surface area contributed by atoms with Crippen LogP contribution in [0.5, 0.6) is 0 Å². The Morgan fingerprint density at radius 3 is 2.82 bits per heavy atom. The molecular weight excluding hydrogens is 254 g/mol. The molecule has 1 heterocycles. The molecule has 1 aromatic rings. The van der Waals surface area contributed by atoms with Crippen LogP contribution in [0.1, 0.15) is 5.56 Å². The van der Waals surface area contributed by atoms with Gasteiger partial charge in [-0.05, 0) is 17.7 Å². The molecule has 0 unspecified atom stereocenters. The number of benzene rings is 1. The molecule has 0 radical (unpaired) electrons. The fraction of sp³-hybridized carbons (Fsp3) is 0.0833. The Balaban J connectivity index is 2.38. The van der Waals surface area contributed by atoms with Crippen molar-refractivity contribution >= 4 is 32.9 Å². The zero-order chi connectivity index (χ0) is 12.3. The van der Waals surface area contributed by atoms with E-state index in [4.69, 9.17) is 0 Å². The average Bonchev–Trinajstić information content (AvgIpc) is 2.51. The van der Waals surface area contributed by atoms with Gasteiger partial charge in [-0.25, -0.2) is 8.42 Å². The molecule has 0 fully saturated rings. The first-order valence-electron chi connectivity index (χ1n) is 4.99. The van der Waals surface area contributed by atoms with Crippen LogP contribution in [-0.2, 0) is 9.84 Å². The molecule has 0 spiro atoms. The van der Waals surface area contributed by atoms with Gasteiger partial charge in [-0.3, -0.25) is 0 Å². The first-order chi connectivity index (χ1) is 8.13. The van der Waals surface area contributed by atoms with Crippen molar-refractivity contribution in [2.24, 2.45) is 4.40 Å². The summed E-state index contributed by atoms with van der Waals surface area (Å²) in [5, 5.41) is 0.0959. The van der Waals surface area contributed by atoms with Crippen LogP contribution in [0.3, 0.4) is 0 Å². The maximum absolute atomic E-state index is 11.8. The van der Waals surface area contributed by atoms with Gasteiger partial charge >= 0.3 is 0 Å². The van der Waals surface area contributed by atoms with Gasteiger partial charge in [-0.15, -0.1) is 6.58 Å². The third kappa shape index (κ3) is 2.68. The van der Waals surface area contributed by atoms with Gasteiger partial charge in [0.2, 0.25) is 0 Å². The highest BCUT2D eigenvalue weighted by Crippen LogP contribution is 2.28. The molecule has 0 N–H and O–H groups in total. The standard InChI is InChI=1S/C12H11NO2S2/c1-2-9-17(14,15)12-8-7-10-5-3-4-6-11(10)16-13-12/h2-8H,1,9H2. The summed E-state index contributed by atoms with van der Waals surface area (Å²) in [5.41, 5.74) is 0.977. The maximum Gasteiger partial charge on any atom is 0.199 e. The third-order valence-corrected chi connectivity index (χ3v) is 4.73. The molecule has 17 heavy (non-hydrogen) atoms. The van der Waals surface area contributed by atoms with Crippen molar-refractivity contribution < 1.29 is 8.42 Å². The minimum absolute atomic E-state index is 0.0902. The van der Waals surface area contributed by atoms with Crippen LogP contribution in [0.25, 0.3) is 6.08 Å². The Morgan fingerprint density at radius 1 is 1.29 bits per heavy atom. The van der Waals surface area contributed by atoms with Crippen LogP contribution < -0.4 is 0 Å². The van der Waals surface area contributed by atoms with Crippen molar-refractivity contribution in [1.82, 2.24) is 0 Å². The lowest BCUT2D eigenvalue weighted by Crippen LogP contribution is -2.14. The van der Waals surface area contributed by atoms with Crippen molar-refractivity contribution in [3.8, 4) is 0 Å². The molecule has 1 aliphatic rings. The molecule has 88 valence electrons.